The van der Waals surface area contributed by atoms with Gasteiger partial charge >= 0.3 is 0 Å². The summed E-state index contributed by atoms with van der Waals surface area (Å²) in [5.41, 5.74) is 2.90. The standard InChI is InChI=1S/C14H23N.C4H4O4/c1-4-5-6-13-7-9-14(10-8-13)11-12(2)15-3;5-3(6)1-2-4(7)8/h7-10,12,15H,4-6,11H2,1-3H3;1-2H,(H,5,6)(H,7,8)/p-2/b;2-1+. The molecule has 23 heavy (non-hydrogen) atoms. The molecule has 1 unspecified atom stereocenters. The quantitative estimate of drug-likeness (QED) is 0.692. The van der Waals surface area contributed by atoms with Crippen LogP contribution >= 0.6 is 0 Å². The molecule has 5 heteroatoms. The molecule has 1 rings (SSSR count). The molecule has 0 fully saturated rings. The van der Waals surface area contributed by atoms with Crippen LogP contribution in [-0.2, 0) is 22.4 Å². The van der Waals surface area contributed by atoms with Crippen molar-refractivity contribution in [1.82, 2.24) is 5.32 Å². The molecule has 0 heterocycles. The van der Waals surface area contributed by atoms with E-state index in [1.54, 1.807) is 0 Å². The first-order chi connectivity index (χ1) is 10.9. The van der Waals surface area contributed by atoms with Crippen LogP contribution in [-0.4, -0.2) is 25.0 Å². The van der Waals surface area contributed by atoms with Gasteiger partial charge in [-0.1, -0.05) is 37.6 Å². The third kappa shape index (κ3) is 12.1. The lowest BCUT2D eigenvalue weighted by Crippen LogP contribution is -2.23. The van der Waals surface area contributed by atoms with Crippen molar-refractivity contribution in [2.75, 3.05) is 7.05 Å². The van der Waals surface area contributed by atoms with Gasteiger partial charge in [-0.2, -0.15) is 0 Å². The Hall–Kier alpha value is -2.14. The fraction of sp³-hybridized carbons (Fsp3) is 0.444. The molecule has 5 nitrogen and oxygen atoms in total. The number of hydrogen-bond acceptors (Lipinski definition) is 5. The molecular weight excluding hydrogens is 294 g/mol. The van der Waals surface area contributed by atoms with Crippen molar-refractivity contribution in [3.63, 3.8) is 0 Å². The summed E-state index contributed by atoms with van der Waals surface area (Å²) in [7, 11) is 2.01. The Labute approximate surface area is 138 Å². The predicted octanol–water partition coefficient (Wildman–Crippen LogP) is 0.222. The van der Waals surface area contributed by atoms with E-state index in [1.165, 1.54) is 30.4 Å². The third-order valence-electron chi connectivity index (χ3n) is 3.23. The first-order valence-electron chi connectivity index (χ1n) is 7.74. The van der Waals surface area contributed by atoms with E-state index in [9.17, 15) is 19.8 Å². The highest BCUT2D eigenvalue weighted by Crippen LogP contribution is 2.09. The van der Waals surface area contributed by atoms with E-state index in [-0.39, 0.29) is 0 Å². The Morgan fingerprint density at radius 2 is 1.57 bits per heavy atom. The number of rotatable bonds is 8. The Morgan fingerprint density at radius 1 is 1.09 bits per heavy atom. The lowest BCUT2D eigenvalue weighted by atomic mass is 10.0. The van der Waals surface area contributed by atoms with Crippen LogP contribution in [0.15, 0.2) is 36.4 Å². The highest BCUT2D eigenvalue weighted by atomic mass is 16.4. The van der Waals surface area contributed by atoms with Gasteiger partial charge in [0.2, 0.25) is 0 Å². The van der Waals surface area contributed by atoms with Gasteiger partial charge in [0.05, 0.1) is 11.9 Å². The number of carboxylic acid groups (broad SMARTS) is 2. The van der Waals surface area contributed by atoms with E-state index in [0.717, 1.165) is 6.42 Å². The van der Waals surface area contributed by atoms with Gasteiger partial charge in [0.1, 0.15) is 0 Å². The summed E-state index contributed by atoms with van der Waals surface area (Å²) >= 11 is 0. The zero-order valence-electron chi connectivity index (χ0n) is 14.0. The van der Waals surface area contributed by atoms with Crippen molar-refractivity contribution in [2.24, 2.45) is 0 Å². The molecule has 0 aromatic heterocycles. The number of hydrogen-bond donors (Lipinski definition) is 1. The first kappa shape index (κ1) is 20.9. The fourth-order valence-electron chi connectivity index (χ4n) is 1.81. The summed E-state index contributed by atoms with van der Waals surface area (Å²) in [5, 5.41) is 22.1. The van der Waals surface area contributed by atoms with Crippen LogP contribution < -0.4 is 15.5 Å². The number of carbonyl (C=O) groups excluding carboxylic acids is 2. The molecular formula is C18H25NO4-2. The van der Waals surface area contributed by atoms with Crippen LogP contribution in [0.5, 0.6) is 0 Å². The average molecular weight is 319 g/mol. The van der Waals surface area contributed by atoms with Crippen LogP contribution in [0.25, 0.3) is 0 Å². The minimum absolute atomic E-state index is 0.384. The number of benzene rings is 1. The van der Waals surface area contributed by atoms with Gasteiger partial charge in [-0.15, -0.1) is 0 Å². The highest BCUT2D eigenvalue weighted by Gasteiger charge is 2.00. The number of carbonyl (C=O) groups is 2. The normalized spacial score (nSPS) is 11.6. The van der Waals surface area contributed by atoms with Crippen LogP contribution in [0.3, 0.4) is 0 Å². The summed E-state index contributed by atoms with van der Waals surface area (Å²) < 4.78 is 0. The first-order valence-corrected chi connectivity index (χ1v) is 7.74. The van der Waals surface area contributed by atoms with Crippen LogP contribution in [0.2, 0.25) is 0 Å². The van der Waals surface area contributed by atoms with E-state index >= 15 is 0 Å². The van der Waals surface area contributed by atoms with Gasteiger partial charge in [-0.05, 0) is 56.5 Å². The van der Waals surface area contributed by atoms with Gasteiger partial charge in [0.15, 0.2) is 0 Å². The average Bonchev–Trinajstić information content (AvgIpc) is 2.52. The Kier molecular flexibility index (Phi) is 11.3. The maximum atomic E-state index is 9.41. The van der Waals surface area contributed by atoms with Crippen LogP contribution in [0, 0.1) is 0 Å². The molecule has 128 valence electrons. The minimum Gasteiger partial charge on any atom is -0.545 e. The van der Waals surface area contributed by atoms with E-state index in [2.05, 4.69) is 43.4 Å². The summed E-state index contributed by atoms with van der Waals surface area (Å²) in [5.74, 6) is -3.09. The number of aryl methyl sites for hydroxylation is 1. The molecule has 1 aromatic carbocycles. The molecule has 0 aliphatic heterocycles. The molecule has 0 spiro atoms. The lowest BCUT2D eigenvalue weighted by Gasteiger charge is -2.10. The second-order valence-corrected chi connectivity index (χ2v) is 5.29. The maximum Gasteiger partial charge on any atom is 0.0643 e. The van der Waals surface area contributed by atoms with E-state index < -0.39 is 11.9 Å². The van der Waals surface area contributed by atoms with Crippen molar-refractivity contribution >= 4 is 11.9 Å². The number of carboxylic acids is 2. The van der Waals surface area contributed by atoms with Crippen LogP contribution in [0.4, 0.5) is 0 Å². The van der Waals surface area contributed by atoms with Crippen LogP contribution in [0.1, 0.15) is 37.8 Å². The van der Waals surface area contributed by atoms with Crippen molar-refractivity contribution in [1.29, 1.82) is 0 Å². The molecule has 1 atom stereocenters. The fourth-order valence-corrected chi connectivity index (χ4v) is 1.81. The Bertz CT molecular complexity index is 478. The molecule has 0 aliphatic rings. The van der Waals surface area contributed by atoms with Crippen molar-refractivity contribution in [3.05, 3.63) is 47.5 Å². The van der Waals surface area contributed by atoms with Gasteiger partial charge in [-0.3, -0.25) is 0 Å². The second-order valence-electron chi connectivity index (χ2n) is 5.29. The molecule has 0 amide bonds. The topological polar surface area (TPSA) is 92.3 Å². The van der Waals surface area contributed by atoms with Crippen molar-refractivity contribution < 1.29 is 19.8 Å². The molecule has 0 bridgehead atoms. The smallest absolute Gasteiger partial charge is 0.0643 e. The number of likely N-dealkylation sites (N-methyl/N-ethyl adjacent to an activating group) is 1. The molecule has 1 aromatic rings. The van der Waals surface area contributed by atoms with Gasteiger partial charge in [-0.25, -0.2) is 0 Å². The van der Waals surface area contributed by atoms with E-state index in [4.69, 9.17) is 0 Å². The maximum absolute atomic E-state index is 9.41. The Balaban J connectivity index is 0.000000515. The molecule has 0 radical (unpaired) electrons. The Morgan fingerprint density at radius 3 is 1.96 bits per heavy atom. The van der Waals surface area contributed by atoms with Gasteiger partial charge in [0, 0.05) is 6.04 Å². The zero-order valence-corrected chi connectivity index (χ0v) is 14.0. The monoisotopic (exact) mass is 319 g/mol. The summed E-state index contributed by atoms with van der Waals surface area (Å²) in [6.45, 7) is 4.45. The van der Waals surface area contributed by atoms with Gasteiger partial charge in [0.25, 0.3) is 0 Å². The van der Waals surface area contributed by atoms with Crippen molar-refractivity contribution in [2.45, 2.75) is 45.6 Å². The molecule has 0 saturated carbocycles. The van der Waals surface area contributed by atoms with E-state index in [1.807, 2.05) is 7.05 Å². The largest absolute Gasteiger partial charge is 0.545 e. The lowest BCUT2D eigenvalue weighted by molar-refractivity contribution is -0.301. The number of nitrogens with one attached hydrogen (secondary N) is 1. The number of aliphatic carboxylic acids is 2. The second kappa shape index (κ2) is 12.4. The predicted molar refractivity (Wildman–Crippen MR) is 86.4 cm³/mol. The highest BCUT2D eigenvalue weighted by molar-refractivity contribution is 5.87. The summed E-state index contributed by atoms with van der Waals surface area (Å²) in [4.78, 5) is 18.8. The molecule has 1 N–H and O–H groups in total. The third-order valence-corrected chi connectivity index (χ3v) is 3.23. The summed E-state index contributed by atoms with van der Waals surface area (Å²) in [6, 6.07) is 9.63. The minimum atomic E-state index is -1.55. The number of unbranched alkanes of at least 4 members (excludes halogenated alkanes) is 1. The van der Waals surface area contributed by atoms with E-state index in [0.29, 0.717) is 18.2 Å². The zero-order chi connectivity index (χ0) is 17.7. The molecule has 0 saturated heterocycles. The SMILES string of the molecule is CCCCc1ccc(CC(C)NC)cc1.O=C([O-])/C=C/C(=O)[O-]. The van der Waals surface area contributed by atoms with Crippen molar-refractivity contribution in [3.8, 4) is 0 Å². The summed E-state index contributed by atoms with van der Waals surface area (Å²) in [6.07, 6.45) is 5.68. The van der Waals surface area contributed by atoms with Gasteiger partial charge < -0.3 is 25.1 Å². The molecule has 0 aliphatic carbocycles.